The Morgan fingerprint density at radius 1 is 1.37 bits per heavy atom. The van der Waals surface area contributed by atoms with Crippen molar-refractivity contribution in [3.8, 4) is 0 Å². The van der Waals surface area contributed by atoms with E-state index in [0.717, 1.165) is 0 Å². The lowest BCUT2D eigenvalue weighted by Gasteiger charge is -2.16. The summed E-state index contributed by atoms with van der Waals surface area (Å²) >= 11 is 4.27. The third-order valence-corrected chi connectivity index (χ3v) is 2.62. The van der Waals surface area contributed by atoms with Crippen molar-refractivity contribution < 1.29 is 15.1 Å². The van der Waals surface area contributed by atoms with Gasteiger partial charge in [-0.25, -0.2) is 4.79 Å². The van der Waals surface area contributed by atoms with Crippen LogP contribution < -0.4 is 5.73 Å². The standard InChI is InChI=1S/C13H20N2O3S/c1-4-11(12(19)8-6-10(3)16)7-5-9(2)15(18)13(14)17/h4-10,16,18-19H,1H2,2-3H3,(H2,14,17)/b7-5+,8-6-,12-11-. The van der Waals surface area contributed by atoms with Gasteiger partial charge in [0.1, 0.15) is 0 Å². The van der Waals surface area contributed by atoms with Gasteiger partial charge in [0.2, 0.25) is 0 Å². The summed E-state index contributed by atoms with van der Waals surface area (Å²) in [5, 5.41) is 18.8. The molecule has 5 nitrogen and oxygen atoms in total. The molecule has 0 aromatic heterocycles. The monoisotopic (exact) mass is 284 g/mol. The molecule has 0 radical (unpaired) electrons. The van der Waals surface area contributed by atoms with Gasteiger partial charge in [0.15, 0.2) is 0 Å². The molecule has 0 saturated heterocycles. The fourth-order valence-corrected chi connectivity index (χ4v) is 1.36. The minimum absolute atomic E-state index is 0.418. The number of amides is 2. The van der Waals surface area contributed by atoms with Crippen molar-refractivity contribution in [2.75, 3.05) is 0 Å². The quantitative estimate of drug-likeness (QED) is 0.260. The molecular weight excluding hydrogens is 264 g/mol. The minimum Gasteiger partial charge on any atom is -0.389 e. The van der Waals surface area contributed by atoms with Crippen LogP contribution in [-0.2, 0) is 0 Å². The summed E-state index contributed by atoms with van der Waals surface area (Å²) in [6, 6.07) is -1.50. The average molecular weight is 284 g/mol. The molecular formula is C13H20N2O3S. The van der Waals surface area contributed by atoms with Crippen LogP contribution in [0.4, 0.5) is 4.79 Å². The van der Waals surface area contributed by atoms with Gasteiger partial charge in [-0.15, -0.1) is 12.6 Å². The molecule has 0 bridgehead atoms. The predicted molar refractivity (Wildman–Crippen MR) is 78.8 cm³/mol. The van der Waals surface area contributed by atoms with Gasteiger partial charge in [-0.1, -0.05) is 30.9 Å². The number of carbonyl (C=O) groups excluding carboxylic acids is 1. The van der Waals surface area contributed by atoms with Crippen molar-refractivity contribution in [1.29, 1.82) is 0 Å². The van der Waals surface area contributed by atoms with Crippen molar-refractivity contribution in [2.24, 2.45) is 5.73 Å². The number of primary amides is 1. The second kappa shape index (κ2) is 8.58. The van der Waals surface area contributed by atoms with Gasteiger partial charge in [-0.05, 0) is 25.5 Å². The number of nitrogens with two attached hydrogens (primary N) is 1. The maximum absolute atomic E-state index is 10.7. The second-order valence-electron chi connectivity index (χ2n) is 3.93. The molecule has 0 aliphatic carbocycles. The third kappa shape index (κ3) is 6.85. The molecule has 0 aliphatic rings. The first-order chi connectivity index (χ1) is 8.79. The molecule has 19 heavy (non-hydrogen) atoms. The number of carbonyl (C=O) groups is 1. The molecule has 6 heteroatoms. The zero-order valence-corrected chi connectivity index (χ0v) is 11.9. The lowest BCUT2D eigenvalue weighted by molar-refractivity contribution is -0.0562. The highest BCUT2D eigenvalue weighted by Crippen LogP contribution is 2.14. The molecule has 4 N–H and O–H groups in total. The van der Waals surface area contributed by atoms with Crippen molar-refractivity contribution in [2.45, 2.75) is 26.0 Å². The molecule has 0 spiro atoms. The van der Waals surface area contributed by atoms with E-state index in [1.54, 1.807) is 44.2 Å². The topological polar surface area (TPSA) is 86.8 Å². The lowest BCUT2D eigenvalue weighted by Crippen LogP contribution is -2.38. The Morgan fingerprint density at radius 3 is 2.37 bits per heavy atom. The highest BCUT2D eigenvalue weighted by atomic mass is 32.1. The summed E-state index contributed by atoms with van der Waals surface area (Å²) in [6.45, 7) is 6.87. The molecule has 0 aromatic carbocycles. The summed E-state index contributed by atoms with van der Waals surface area (Å²) in [7, 11) is 0. The van der Waals surface area contributed by atoms with Gasteiger partial charge < -0.3 is 10.8 Å². The van der Waals surface area contributed by atoms with Crippen LogP contribution in [0.1, 0.15) is 13.8 Å². The summed E-state index contributed by atoms with van der Waals surface area (Å²) < 4.78 is 0. The number of allylic oxidation sites excluding steroid dienone is 4. The largest absolute Gasteiger partial charge is 0.389 e. The maximum Gasteiger partial charge on any atom is 0.339 e. The smallest absolute Gasteiger partial charge is 0.339 e. The number of hydroxylamine groups is 2. The van der Waals surface area contributed by atoms with Crippen LogP contribution in [0.15, 0.2) is 47.4 Å². The zero-order chi connectivity index (χ0) is 15.0. The molecule has 2 atom stereocenters. The first-order valence-electron chi connectivity index (χ1n) is 5.67. The molecule has 0 aliphatic heterocycles. The van der Waals surface area contributed by atoms with Crippen LogP contribution in [0.2, 0.25) is 0 Å². The number of rotatable bonds is 6. The Bertz CT molecular complexity index is 414. The summed E-state index contributed by atoms with van der Waals surface area (Å²) in [5.41, 5.74) is 5.62. The summed E-state index contributed by atoms with van der Waals surface area (Å²) in [6.07, 6.45) is 7.45. The lowest BCUT2D eigenvalue weighted by atomic mass is 10.1. The van der Waals surface area contributed by atoms with E-state index in [1.807, 2.05) is 0 Å². The van der Waals surface area contributed by atoms with E-state index in [1.165, 1.54) is 0 Å². The van der Waals surface area contributed by atoms with E-state index in [2.05, 4.69) is 19.2 Å². The Hall–Kier alpha value is -1.50. The minimum atomic E-state index is -0.929. The maximum atomic E-state index is 10.7. The van der Waals surface area contributed by atoms with Crippen molar-refractivity contribution in [3.05, 3.63) is 47.4 Å². The number of nitrogens with zero attached hydrogens (tertiary/aromatic N) is 1. The molecule has 0 saturated carbocycles. The molecule has 0 fully saturated rings. The fourth-order valence-electron chi connectivity index (χ4n) is 1.11. The molecule has 0 rings (SSSR count). The number of aliphatic hydroxyl groups excluding tert-OH is 1. The van der Waals surface area contributed by atoms with E-state index in [-0.39, 0.29) is 0 Å². The van der Waals surface area contributed by atoms with Gasteiger partial charge in [-0.3, -0.25) is 5.21 Å². The Balaban J connectivity index is 4.95. The molecule has 0 aromatic rings. The van der Waals surface area contributed by atoms with E-state index in [0.29, 0.717) is 15.5 Å². The van der Waals surface area contributed by atoms with Crippen LogP contribution >= 0.6 is 12.6 Å². The van der Waals surface area contributed by atoms with Crippen LogP contribution in [0.5, 0.6) is 0 Å². The van der Waals surface area contributed by atoms with Crippen LogP contribution in [0.25, 0.3) is 0 Å². The predicted octanol–water partition coefficient (Wildman–Crippen LogP) is 2.01. The fraction of sp³-hybridized carbons (Fsp3) is 0.308. The van der Waals surface area contributed by atoms with E-state index < -0.39 is 18.2 Å². The van der Waals surface area contributed by atoms with Crippen LogP contribution in [0.3, 0.4) is 0 Å². The third-order valence-electron chi connectivity index (χ3n) is 2.21. The van der Waals surface area contributed by atoms with Gasteiger partial charge in [0, 0.05) is 4.91 Å². The Kier molecular flexibility index (Phi) is 7.90. The van der Waals surface area contributed by atoms with Gasteiger partial charge in [-0.2, -0.15) is 5.06 Å². The summed E-state index contributed by atoms with van der Waals surface area (Å²) in [4.78, 5) is 11.3. The molecule has 2 unspecified atom stereocenters. The van der Waals surface area contributed by atoms with Crippen molar-refractivity contribution >= 4 is 18.7 Å². The van der Waals surface area contributed by atoms with Gasteiger partial charge in [0.05, 0.1) is 12.1 Å². The molecule has 2 amide bonds. The molecule has 106 valence electrons. The number of hydrogen-bond acceptors (Lipinski definition) is 4. The van der Waals surface area contributed by atoms with E-state index >= 15 is 0 Å². The van der Waals surface area contributed by atoms with Gasteiger partial charge in [0.25, 0.3) is 0 Å². The molecule has 0 heterocycles. The number of aliphatic hydroxyl groups is 1. The number of thiol groups is 1. The Labute approximate surface area is 118 Å². The summed E-state index contributed by atoms with van der Waals surface area (Å²) in [5.74, 6) is 0. The van der Waals surface area contributed by atoms with Crippen molar-refractivity contribution in [3.63, 3.8) is 0 Å². The van der Waals surface area contributed by atoms with Crippen LogP contribution in [-0.4, -0.2) is 33.6 Å². The second-order valence-corrected chi connectivity index (χ2v) is 4.41. The highest BCUT2D eigenvalue weighted by molar-refractivity contribution is 7.84. The number of hydrogen-bond donors (Lipinski definition) is 4. The van der Waals surface area contributed by atoms with Crippen molar-refractivity contribution in [1.82, 2.24) is 5.06 Å². The average Bonchev–Trinajstić information content (AvgIpc) is 2.35. The van der Waals surface area contributed by atoms with E-state index in [4.69, 9.17) is 10.8 Å². The normalized spacial score (nSPS) is 16.3. The zero-order valence-electron chi connectivity index (χ0n) is 11.0. The SMILES string of the molecule is C=CC(/C=C/C(C)N(O)C(N)=O)=C(S)\C=C/C(C)O. The van der Waals surface area contributed by atoms with E-state index in [9.17, 15) is 10.0 Å². The first kappa shape index (κ1) is 17.5. The Morgan fingerprint density at radius 2 is 1.95 bits per heavy atom. The highest BCUT2D eigenvalue weighted by Gasteiger charge is 2.11. The first-order valence-corrected chi connectivity index (χ1v) is 6.12. The number of urea groups is 1. The van der Waals surface area contributed by atoms with Crippen LogP contribution in [0, 0.1) is 0 Å². The van der Waals surface area contributed by atoms with Gasteiger partial charge >= 0.3 is 6.03 Å².